The van der Waals surface area contributed by atoms with Crippen LogP contribution in [-0.2, 0) is 10.2 Å². The fraction of sp³-hybridized carbons (Fsp3) is 0.500. The Bertz CT molecular complexity index is 434. The highest BCUT2D eigenvalue weighted by Gasteiger charge is 2.52. The van der Waals surface area contributed by atoms with Crippen molar-refractivity contribution < 1.29 is 9.90 Å². The zero-order valence-corrected chi connectivity index (χ0v) is 11.7. The molecule has 0 atom stereocenters. The lowest BCUT2D eigenvalue weighted by Gasteiger charge is -2.47. The van der Waals surface area contributed by atoms with Crippen LogP contribution >= 0.6 is 15.9 Å². The molecule has 1 fully saturated rings. The summed E-state index contributed by atoms with van der Waals surface area (Å²) in [4.78, 5) is 11.6. The van der Waals surface area contributed by atoms with Gasteiger partial charge in [0.05, 0.1) is 5.41 Å². The average Bonchev–Trinajstić information content (AvgIpc) is 2.17. The lowest BCUT2D eigenvalue weighted by molar-refractivity contribution is -0.150. The molecule has 0 heterocycles. The second-order valence-corrected chi connectivity index (χ2v) is 6.13. The van der Waals surface area contributed by atoms with Crippen LogP contribution in [0.15, 0.2) is 28.7 Å². The van der Waals surface area contributed by atoms with Gasteiger partial charge in [-0.1, -0.05) is 48.0 Å². The Kier molecular flexibility index (Phi) is 3.30. The van der Waals surface area contributed by atoms with E-state index >= 15 is 0 Å². The first kappa shape index (κ1) is 12.6. The molecule has 1 N–H and O–H groups in total. The molecular weight excluding hydrogens is 280 g/mol. The smallest absolute Gasteiger partial charge is 0.314 e. The lowest BCUT2D eigenvalue weighted by Crippen LogP contribution is -2.49. The molecular formula is C14H17BrO2. The summed E-state index contributed by atoms with van der Waals surface area (Å²) in [7, 11) is 0. The largest absolute Gasteiger partial charge is 0.481 e. The van der Waals surface area contributed by atoms with Crippen molar-refractivity contribution in [3.8, 4) is 0 Å². The third kappa shape index (κ3) is 2.01. The number of hydrogen-bond acceptors (Lipinski definition) is 1. The van der Waals surface area contributed by atoms with E-state index in [9.17, 15) is 9.90 Å². The molecule has 1 aromatic carbocycles. The van der Waals surface area contributed by atoms with Crippen LogP contribution in [0, 0.1) is 11.8 Å². The van der Waals surface area contributed by atoms with E-state index in [4.69, 9.17) is 0 Å². The summed E-state index contributed by atoms with van der Waals surface area (Å²) in [5.41, 5.74) is 0.249. The van der Waals surface area contributed by atoms with Crippen LogP contribution in [0.4, 0.5) is 0 Å². The monoisotopic (exact) mass is 296 g/mol. The van der Waals surface area contributed by atoms with Gasteiger partial charge in [0.2, 0.25) is 0 Å². The van der Waals surface area contributed by atoms with Gasteiger partial charge in [0, 0.05) is 4.47 Å². The number of hydrogen-bond donors (Lipinski definition) is 1. The van der Waals surface area contributed by atoms with Crippen LogP contribution in [-0.4, -0.2) is 11.1 Å². The maximum atomic E-state index is 11.6. The Morgan fingerprint density at radius 2 is 2.00 bits per heavy atom. The van der Waals surface area contributed by atoms with Crippen molar-refractivity contribution in [2.75, 3.05) is 0 Å². The molecule has 0 aromatic heterocycles. The lowest BCUT2D eigenvalue weighted by atomic mass is 9.56. The van der Waals surface area contributed by atoms with Gasteiger partial charge in [-0.15, -0.1) is 0 Å². The molecule has 3 heteroatoms. The van der Waals surface area contributed by atoms with Crippen molar-refractivity contribution >= 4 is 21.9 Å². The van der Waals surface area contributed by atoms with Crippen LogP contribution in [0.2, 0.25) is 0 Å². The van der Waals surface area contributed by atoms with Crippen molar-refractivity contribution in [1.82, 2.24) is 0 Å². The van der Waals surface area contributed by atoms with Crippen LogP contribution in [0.5, 0.6) is 0 Å². The van der Waals surface area contributed by atoms with Crippen molar-refractivity contribution in [2.24, 2.45) is 11.8 Å². The van der Waals surface area contributed by atoms with E-state index in [1.807, 2.05) is 24.3 Å². The number of carboxylic acid groups (broad SMARTS) is 1. The molecule has 0 aliphatic heterocycles. The normalized spacial score (nSPS) is 27.9. The van der Waals surface area contributed by atoms with Gasteiger partial charge >= 0.3 is 5.97 Å². The number of carboxylic acids is 1. The van der Waals surface area contributed by atoms with Gasteiger partial charge < -0.3 is 5.11 Å². The van der Waals surface area contributed by atoms with E-state index in [2.05, 4.69) is 29.8 Å². The minimum absolute atomic E-state index is 0.526. The van der Waals surface area contributed by atoms with Gasteiger partial charge in [0.25, 0.3) is 0 Å². The molecule has 0 radical (unpaired) electrons. The van der Waals surface area contributed by atoms with E-state index in [1.165, 1.54) is 0 Å². The first-order chi connectivity index (χ1) is 7.97. The third-order valence-corrected chi connectivity index (χ3v) is 4.65. The van der Waals surface area contributed by atoms with Crippen LogP contribution in [0.3, 0.4) is 0 Å². The van der Waals surface area contributed by atoms with Crippen molar-refractivity contribution in [3.63, 3.8) is 0 Å². The van der Waals surface area contributed by atoms with Crippen LogP contribution in [0.25, 0.3) is 0 Å². The second-order valence-electron chi connectivity index (χ2n) is 5.28. The summed E-state index contributed by atoms with van der Waals surface area (Å²) >= 11 is 3.47. The molecule has 0 amide bonds. The van der Waals surface area contributed by atoms with Crippen LogP contribution in [0.1, 0.15) is 32.3 Å². The SMILES string of the molecule is CC(C)C1CC(C(=O)O)(c2ccccc2Br)C1. The second kappa shape index (κ2) is 4.45. The fourth-order valence-electron chi connectivity index (χ4n) is 2.67. The average molecular weight is 297 g/mol. The summed E-state index contributed by atoms with van der Waals surface area (Å²) in [6.07, 6.45) is 1.51. The fourth-order valence-corrected chi connectivity index (χ4v) is 3.33. The predicted octanol–water partition coefficient (Wildman–Crippen LogP) is 3.84. The van der Waals surface area contributed by atoms with Gasteiger partial charge in [-0.3, -0.25) is 4.79 Å². The van der Waals surface area contributed by atoms with Gasteiger partial charge in [0.15, 0.2) is 0 Å². The van der Waals surface area contributed by atoms with E-state index < -0.39 is 11.4 Å². The molecule has 1 aromatic rings. The number of halogens is 1. The highest BCUT2D eigenvalue weighted by atomic mass is 79.9. The van der Waals surface area contributed by atoms with E-state index in [0.717, 1.165) is 22.9 Å². The summed E-state index contributed by atoms with van der Waals surface area (Å²) in [6.45, 7) is 4.33. The molecule has 1 saturated carbocycles. The zero-order chi connectivity index (χ0) is 12.6. The third-order valence-electron chi connectivity index (χ3n) is 3.96. The molecule has 0 bridgehead atoms. The highest BCUT2D eigenvalue weighted by Crippen LogP contribution is 2.52. The maximum absolute atomic E-state index is 11.6. The van der Waals surface area contributed by atoms with Crippen LogP contribution < -0.4 is 0 Å². The molecule has 1 aliphatic carbocycles. The Hall–Kier alpha value is -0.830. The standard InChI is InChI=1S/C14H17BrO2/c1-9(2)10-7-14(8-10,13(16)17)11-5-3-4-6-12(11)15/h3-6,9-10H,7-8H2,1-2H3,(H,16,17). The summed E-state index contributed by atoms with van der Waals surface area (Å²) in [5.74, 6) is 0.393. The molecule has 1 aliphatic rings. The molecule has 17 heavy (non-hydrogen) atoms. The van der Waals surface area contributed by atoms with Crippen molar-refractivity contribution in [1.29, 1.82) is 0 Å². The molecule has 2 rings (SSSR count). The van der Waals surface area contributed by atoms with E-state index in [-0.39, 0.29) is 0 Å². The molecule has 0 saturated heterocycles. The van der Waals surface area contributed by atoms with Crippen molar-refractivity contribution in [2.45, 2.75) is 32.1 Å². The maximum Gasteiger partial charge on any atom is 0.314 e. The Morgan fingerprint density at radius 1 is 1.41 bits per heavy atom. The molecule has 92 valence electrons. The Labute approximate surface area is 110 Å². The Morgan fingerprint density at radius 3 is 2.47 bits per heavy atom. The molecule has 2 nitrogen and oxygen atoms in total. The van der Waals surface area contributed by atoms with Gasteiger partial charge in [-0.2, -0.15) is 0 Å². The molecule has 0 spiro atoms. The highest BCUT2D eigenvalue weighted by molar-refractivity contribution is 9.10. The summed E-state index contributed by atoms with van der Waals surface area (Å²) in [6, 6.07) is 7.67. The number of carbonyl (C=O) groups is 1. The number of benzene rings is 1. The van der Waals surface area contributed by atoms with E-state index in [0.29, 0.717) is 11.8 Å². The Balaban J connectivity index is 2.33. The number of aliphatic carboxylic acids is 1. The van der Waals surface area contributed by atoms with Crippen molar-refractivity contribution in [3.05, 3.63) is 34.3 Å². The van der Waals surface area contributed by atoms with Gasteiger partial charge in [-0.25, -0.2) is 0 Å². The quantitative estimate of drug-likeness (QED) is 0.920. The summed E-state index contributed by atoms with van der Waals surface area (Å²) in [5, 5.41) is 9.54. The first-order valence-corrected chi connectivity index (χ1v) is 6.75. The topological polar surface area (TPSA) is 37.3 Å². The zero-order valence-electron chi connectivity index (χ0n) is 10.1. The summed E-state index contributed by atoms with van der Waals surface area (Å²) < 4.78 is 0.907. The van der Waals surface area contributed by atoms with Gasteiger partial charge in [-0.05, 0) is 36.3 Å². The van der Waals surface area contributed by atoms with Gasteiger partial charge in [0.1, 0.15) is 0 Å². The molecule has 0 unspecified atom stereocenters. The minimum Gasteiger partial charge on any atom is -0.481 e. The first-order valence-electron chi connectivity index (χ1n) is 5.96. The van der Waals surface area contributed by atoms with E-state index in [1.54, 1.807) is 0 Å². The minimum atomic E-state index is -0.693. The number of rotatable bonds is 3. The predicted molar refractivity (Wildman–Crippen MR) is 71.0 cm³/mol.